The van der Waals surface area contributed by atoms with Gasteiger partial charge in [0.2, 0.25) is 5.91 Å². The lowest BCUT2D eigenvalue weighted by atomic mass is 10.1. The van der Waals surface area contributed by atoms with Gasteiger partial charge in [-0.25, -0.2) is 4.39 Å². The first-order valence-corrected chi connectivity index (χ1v) is 6.10. The van der Waals surface area contributed by atoms with E-state index in [1.54, 1.807) is 0 Å². The third-order valence-corrected chi connectivity index (χ3v) is 3.57. The summed E-state index contributed by atoms with van der Waals surface area (Å²) in [6.45, 7) is 0. The molecule has 0 heterocycles. The lowest BCUT2D eigenvalue weighted by Gasteiger charge is -2.14. The molecule has 0 bridgehead atoms. The zero-order valence-corrected chi connectivity index (χ0v) is 11.1. The summed E-state index contributed by atoms with van der Waals surface area (Å²) in [5, 5.41) is 13.6. The van der Waals surface area contributed by atoms with Crippen LogP contribution in [-0.2, 0) is 4.79 Å². The number of nitrogens with two attached hydrogens (primary N) is 1. The monoisotopic (exact) mass is 305 g/mol. The number of amidine groups is 1. The van der Waals surface area contributed by atoms with Crippen molar-refractivity contribution in [2.45, 2.75) is 12.8 Å². The fourth-order valence-electron chi connectivity index (χ4n) is 1.70. The number of hydrogen-bond acceptors (Lipinski definition) is 3. The summed E-state index contributed by atoms with van der Waals surface area (Å²) in [5.41, 5.74) is 4.73. The van der Waals surface area contributed by atoms with Crippen molar-refractivity contribution in [2.75, 3.05) is 5.32 Å². The molecule has 1 fully saturated rings. The first-order valence-electron chi connectivity index (χ1n) is 5.35. The van der Waals surface area contributed by atoms with Crippen LogP contribution in [0, 0.1) is 11.2 Å². The Morgan fingerprint density at radius 1 is 1.42 bits per heavy atom. The van der Waals surface area contributed by atoms with Gasteiger partial charge in [0.05, 0.1) is 10.0 Å². The molecule has 4 N–H and O–H groups in total. The van der Waals surface area contributed by atoms with Gasteiger partial charge in [-0.15, -0.1) is 0 Å². The SMILES string of the molecule is N/C(=N/O)C1(C(=O)Nc2cc(Cl)c(F)c(Cl)c2)CC1. The maximum absolute atomic E-state index is 13.2. The van der Waals surface area contributed by atoms with Gasteiger partial charge in [-0.2, -0.15) is 0 Å². The van der Waals surface area contributed by atoms with Crippen molar-refractivity contribution in [3.8, 4) is 0 Å². The van der Waals surface area contributed by atoms with E-state index < -0.39 is 17.1 Å². The molecule has 1 amide bonds. The average Bonchev–Trinajstić information content (AvgIpc) is 3.16. The Bertz CT molecular complexity index is 550. The molecule has 0 radical (unpaired) electrons. The second-order valence-corrected chi connectivity index (χ2v) is 5.09. The van der Waals surface area contributed by atoms with Crippen LogP contribution in [-0.4, -0.2) is 17.0 Å². The number of carbonyl (C=O) groups excluding carboxylic acids is 1. The van der Waals surface area contributed by atoms with Crippen molar-refractivity contribution in [3.05, 3.63) is 28.0 Å². The van der Waals surface area contributed by atoms with Gasteiger partial charge in [0.1, 0.15) is 5.41 Å². The van der Waals surface area contributed by atoms with Crippen molar-refractivity contribution in [1.29, 1.82) is 0 Å². The zero-order chi connectivity index (χ0) is 14.2. The predicted octanol–water partition coefficient (Wildman–Crippen LogP) is 2.60. The molecule has 0 spiro atoms. The van der Waals surface area contributed by atoms with Crippen LogP contribution in [0.4, 0.5) is 10.1 Å². The summed E-state index contributed by atoms with van der Waals surface area (Å²) in [7, 11) is 0. The zero-order valence-electron chi connectivity index (χ0n) is 9.58. The van der Waals surface area contributed by atoms with Crippen LogP contribution in [0.2, 0.25) is 10.0 Å². The summed E-state index contributed by atoms with van der Waals surface area (Å²) >= 11 is 11.2. The second-order valence-electron chi connectivity index (χ2n) is 4.28. The normalized spacial score (nSPS) is 17.1. The maximum Gasteiger partial charge on any atom is 0.238 e. The van der Waals surface area contributed by atoms with Crippen LogP contribution < -0.4 is 11.1 Å². The van der Waals surface area contributed by atoms with Gasteiger partial charge in [-0.3, -0.25) is 4.79 Å². The lowest BCUT2D eigenvalue weighted by molar-refractivity contribution is -0.119. The summed E-state index contributed by atoms with van der Waals surface area (Å²) < 4.78 is 13.2. The third-order valence-electron chi connectivity index (χ3n) is 3.02. The minimum absolute atomic E-state index is 0.149. The number of nitrogens with one attached hydrogen (secondary N) is 1. The fraction of sp³-hybridized carbons (Fsp3) is 0.273. The molecule has 0 saturated heterocycles. The summed E-state index contributed by atoms with van der Waals surface area (Å²) in [4.78, 5) is 12.0. The van der Waals surface area contributed by atoms with Gasteiger partial charge in [0.15, 0.2) is 11.7 Å². The van der Waals surface area contributed by atoms with Crippen LogP contribution in [0.5, 0.6) is 0 Å². The Morgan fingerprint density at radius 2 is 1.95 bits per heavy atom. The molecule has 0 atom stereocenters. The standard InChI is InChI=1S/C11H10Cl2FN3O2/c12-6-3-5(4-7(13)8(6)14)16-10(18)11(1-2-11)9(15)17-19/h3-4,19H,1-2H2,(H2,15,17)(H,16,18). The summed E-state index contributed by atoms with van der Waals surface area (Å²) in [6.07, 6.45) is 0.967. The smallest absolute Gasteiger partial charge is 0.238 e. The number of benzene rings is 1. The molecule has 0 unspecified atom stereocenters. The van der Waals surface area contributed by atoms with E-state index in [2.05, 4.69) is 10.5 Å². The molecule has 1 aromatic rings. The van der Waals surface area contributed by atoms with Crippen LogP contribution >= 0.6 is 23.2 Å². The second kappa shape index (κ2) is 4.86. The van der Waals surface area contributed by atoms with Crippen molar-refractivity contribution < 1.29 is 14.4 Å². The summed E-state index contributed by atoms with van der Waals surface area (Å²) in [5.74, 6) is -1.34. The Morgan fingerprint density at radius 3 is 2.37 bits per heavy atom. The van der Waals surface area contributed by atoms with E-state index in [9.17, 15) is 9.18 Å². The number of hydrogen-bond donors (Lipinski definition) is 3. The number of rotatable bonds is 3. The maximum atomic E-state index is 13.2. The lowest BCUT2D eigenvalue weighted by Crippen LogP contribution is -2.36. The van der Waals surface area contributed by atoms with E-state index in [0.29, 0.717) is 12.8 Å². The van der Waals surface area contributed by atoms with Crippen molar-refractivity contribution in [2.24, 2.45) is 16.3 Å². The van der Waals surface area contributed by atoms with Crippen LogP contribution in [0.25, 0.3) is 0 Å². The quantitative estimate of drug-likeness (QED) is 0.264. The van der Waals surface area contributed by atoms with Gasteiger partial charge in [0.25, 0.3) is 0 Å². The van der Waals surface area contributed by atoms with E-state index in [1.807, 2.05) is 0 Å². The highest BCUT2D eigenvalue weighted by Crippen LogP contribution is 2.46. The molecule has 8 heteroatoms. The molecule has 1 saturated carbocycles. The van der Waals surface area contributed by atoms with Crippen LogP contribution in [0.1, 0.15) is 12.8 Å². The summed E-state index contributed by atoms with van der Waals surface area (Å²) in [6, 6.07) is 2.48. The van der Waals surface area contributed by atoms with Gasteiger partial charge < -0.3 is 16.3 Å². The molecule has 1 aromatic carbocycles. The van der Waals surface area contributed by atoms with Crippen molar-refractivity contribution in [3.63, 3.8) is 0 Å². The highest BCUT2D eigenvalue weighted by molar-refractivity contribution is 6.35. The predicted molar refractivity (Wildman–Crippen MR) is 70.1 cm³/mol. The Kier molecular flexibility index (Phi) is 3.56. The molecule has 2 rings (SSSR count). The van der Waals surface area contributed by atoms with Crippen molar-refractivity contribution in [1.82, 2.24) is 0 Å². The van der Waals surface area contributed by atoms with Gasteiger partial charge in [-0.1, -0.05) is 28.4 Å². The number of anilines is 1. The number of carbonyl (C=O) groups is 1. The van der Waals surface area contributed by atoms with Gasteiger partial charge >= 0.3 is 0 Å². The molecular formula is C11H10Cl2FN3O2. The van der Waals surface area contributed by atoms with E-state index in [1.165, 1.54) is 12.1 Å². The molecule has 0 aromatic heterocycles. The van der Waals surface area contributed by atoms with Gasteiger partial charge in [0, 0.05) is 5.69 Å². The number of oxime groups is 1. The Hall–Kier alpha value is -1.53. The topological polar surface area (TPSA) is 87.7 Å². The highest BCUT2D eigenvalue weighted by atomic mass is 35.5. The minimum atomic E-state index is -0.998. The number of halogens is 3. The third kappa shape index (κ3) is 2.46. The molecule has 5 nitrogen and oxygen atoms in total. The highest BCUT2D eigenvalue weighted by Gasteiger charge is 2.54. The molecule has 19 heavy (non-hydrogen) atoms. The van der Waals surface area contributed by atoms with E-state index >= 15 is 0 Å². The Balaban J connectivity index is 2.21. The Labute approximate surface area is 118 Å². The molecular weight excluding hydrogens is 296 g/mol. The molecule has 0 aliphatic heterocycles. The first-order chi connectivity index (χ1) is 8.90. The van der Waals surface area contributed by atoms with Gasteiger partial charge in [-0.05, 0) is 25.0 Å². The van der Waals surface area contributed by atoms with E-state index in [0.717, 1.165) is 0 Å². The number of amides is 1. The first kappa shape index (κ1) is 13.9. The minimum Gasteiger partial charge on any atom is -0.409 e. The molecule has 1 aliphatic carbocycles. The largest absolute Gasteiger partial charge is 0.409 e. The van der Waals surface area contributed by atoms with E-state index in [-0.39, 0.29) is 21.6 Å². The van der Waals surface area contributed by atoms with Crippen LogP contribution in [0.15, 0.2) is 17.3 Å². The van der Waals surface area contributed by atoms with E-state index in [4.69, 9.17) is 34.1 Å². The average molecular weight is 306 g/mol. The van der Waals surface area contributed by atoms with Crippen molar-refractivity contribution >= 4 is 40.6 Å². The fourth-order valence-corrected chi connectivity index (χ4v) is 2.19. The number of nitrogens with zero attached hydrogens (tertiary/aromatic N) is 1. The molecule has 102 valence electrons. The molecule has 1 aliphatic rings. The van der Waals surface area contributed by atoms with Crippen LogP contribution in [0.3, 0.4) is 0 Å².